The van der Waals surface area contributed by atoms with Gasteiger partial charge in [0.05, 0.1) is 13.2 Å². The van der Waals surface area contributed by atoms with Gasteiger partial charge in [0.25, 0.3) is 5.91 Å². The number of phenols is 1. The van der Waals surface area contributed by atoms with Crippen LogP contribution in [0.3, 0.4) is 0 Å². The van der Waals surface area contributed by atoms with Crippen LogP contribution in [0.15, 0.2) is 24.3 Å². The number of morpholine rings is 1. The molecule has 1 atom stereocenters. The molecule has 0 saturated carbocycles. The van der Waals surface area contributed by atoms with Gasteiger partial charge in [0.2, 0.25) is 5.91 Å². The van der Waals surface area contributed by atoms with E-state index in [4.69, 9.17) is 4.74 Å². The number of amides is 2. The van der Waals surface area contributed by atoms with Crippen molar-refractivity contribution in [2.45, 2.75) is 6.04 Å². The Balaban J connectivity index is 2.20. The van der Waals surface area contributed by atoms with Gasteiger partial charge in [0.15, 0.2) is 0 Å². The van der Waals surface area contributed by atoms with Crippen LogP contribution in [-0.2, 0) is 9.53 Å². The lowest BCUT2D eigenvalue weighted by atomic mass is 10.1. The van der Waals surface area contributed by atoms with Gasteiger partial charge in [-0.25, -0.2) is 0 Å². The minimum atomic E-state index is -0.611. The Bertz CT molecular complexity index is 472. The first-order valence-corrected chi connectivity index (χ1v) is 6.03. The fourth-order valence-electron chi connectivity index (χ4n) is 2.00. The van der Waals surface area contributed by atoms with Crippen molar-refractivity contribution in [1.29, 1.82) is 0 Å². The van der Waals surface area contributed by atoms with Crippen LogP contribution >= 0.6 is 0 Å². The minimum absolute atomic E-state index is 0.0985. The van der Waals surface area contributed by atoms with Crippen LogP contribution in [0.5, 0.6) is 5.75 Å². The van der Waals surface area contributed by atoms with Crippen LogP contribution in [0.25, 0.3) is 0 Å². The largest absolute Gasteiger partial charge is 0.508 e. The fourth-order valence-corrected chi connectivity index (χ4v) is 2.00. The quantitative estimate of drug-likeness (QED) is 0.787. The van der Waals surface area contributed by atoms with Crippen molar-refractivity contribution in [2.24, 2.45) is 0 Å². The second-order valence-corrected chi connectivity index (χ2v) is 4.25. The SMILES string of the molecule is CNC(=O)C1COCCN1C(=O)c1ccc(O)cc1. The van der Waals surface area contributed by atoms with Crippen molar-refractivity contribution < 1.29 is 19.4 Å². The van der Waals surface area contributed by atoms with Crippen molar-refractivity contribution in [2.75, 3.05) is 26.8 Å². The number of hydrogen-bond donors (Lipinski definition) is 2. The molecule has 1 saturated heterocycles. The molecule has 0 spiro atoms. The monoisotopic (exact) mass is 264 g/mol. The van der Waals surface area contributed by atoms with Crippen LogP contribution in [0.4, 0.5) is 0 Å². The maximum Gasteiger partial charge on any atom is 0.254 e. The second-order valence-electron chi connectivity index (χ2n) is 4.25. The second kappa shape index (κ2) is 5.71. The van der Waals surface area contributed by atoms with E-state index in [0.29, 0.717) is 18.7 Å². The number of phenolic OH excluding ortho intramolecular Hbond substituents is 1. The Morgan fingerprint density at radius 2 is 2.05 bits per heavy atom. The molecule has 1 heterocycles. The van der Waals surface area contributed by atoms with Gasteiger partial charge in [0.1, 0.15) is 11.8 Å². The van der Waals surface area contributed by atoms with Crippen LogP contribution in [0.2, 0.25) is 0 Å². The van der Waals surface area contributed by atoms with Crippen molar-refractivity contribution in [3.05, 3.63) is 29.8 Å². The van der Waals surface area contributed by atoms with Gasteiger partial charge in [-0.05, 0) is 24.3 Å². The maximum absolute atomic E-state index is 12.4. The van der Waals surface area contributed by atoms with Crippen LogP contribution in [0.1, 0.15) is 10.4 Å². The molecule has 19 heavy (non-hydrogen) atoms. The lowest BCUT2D eigenvalue weighted by Crippen LogP contribution is -2.55. The lowest BCUT2D eigenvalue weighted by Gasteiger charge is -2.34. The molecule has 2 amide bonds. The van der Waals surface area contributed by atoms with E-state index in [1.165, 1.54) is 36.2 Å². The van der Waals surface area contributed by atoms with E-state index >= 15 is 0 Å². The van der Waals surface area contributed by atoms with E-state index in [0.717, 1.165) is 0 Å². The molecule has 0 aliphatic carbocycles. The van der Waals surface area contributed by atoms with Crippen LogP contribution < -0.4 is 5.32 Å². The summed E-state index contributed by atoms with van der Waals surface area (Å²) in [4.78, 5) is 25.6. The molecule has 102 valence electrons. The highest BCUT2D eigenvalue weighted by Crippen LogP contribution is 2.15. The summed E-state index contributed by atoms with van der Waals surface area (Å²) in [6, 6.07) is 5.35. The van der Waals surface area contributed by atoms with Crippen molar-refractivity contribution in [3.8, 4) is 5.75 Å². The molecule has 1 fully saturated rings. The van der Waals surface area contributed by atoms with Crippen LogP contribution in [-0.4, -0.2) is 54.7 Å². The number of aromatic hydroxyl groups is 1. The zero-order chi connectivity index (χ0) is 13.8. The number of nitrogens with zero attached hydrogens (tertiary/aromatic N) is 1. The van der Waals surface area contributed by atoms with Gasteiger partial charge in [-0.2, -0.15) is 0 Å². The van der Waals surface area contributed by atoms with Gasteiger partial charge in [-0.3, -0.25) is 9.59 Å². The number of rotatable bonds is 2. The van der Waals surface area contributed by atoms with E-state index in [1.54, 1.807) is 0 Å². The third kappa shape index (κ3) is 2.85. The summed E-state index contributed by atoms with van der Waals surface area (Å²) in [6.45, 7) is 0.985. The maximum atomic E-state index is 12.4. The Hall–Kier alpha value is -2.08. The zero-order valence-electron chi connectivity index (χ0n) is 10.6. The summed E-state index contributed by atoms with van der Waals surface area (Å²) in [6.07, 6.45) is 0. The number of carbonyl (C=O) groups is 2. The van der Waals surface area contributed by atoms with Gasteiger partial charge in [-0.1, -0.05) is 0 Å². The zero-order valence-corrected chi connectivity index (χ0v) is 10.6. The summed E-state index contributed by atoms with van der Waals surface area (Å²) in [5, 5.41) is 11.7. The molecule has 1 aliphatic heterocycles. The molecule has 1 aromatic rings. The third-order valence-corrected chi connectivity index (χ3v) is 3.05. The van der Waals surface area contributed by atoms with Crippen LogP contribution in [0, 0.1) is 0 Å². The van der Waals surface area contributed by atoms with Gasteiger partial charge in [0, 0.05) is 19.2 Å². The molecule has 1 aromatic carbocycles. The standard InChI is InChI=1S/C13H16N2O4/c1-14-12(17)11-8-19-7-6-15(11)13(18)9-2-4-10(16)5-3-9/h2-5,11,16H,6-8H2,1H3,(H,14,17). The molecule has 2 rings (SSSR count). The fraction of sp³-hybridized carbons (Fsp3) is 0.385. The first-order valence-electron chi connectivity index (χ1n) is 6.03. The van der Waals surface area contributed by atoms with Gasteiger partial charge < -0.3 is 20.1 Å². The normalized spacial score (nSPS) is 19.0. The molecule has 6 heteroatoms. The Labute approximate surface area is 111 Å². The molecule has 0 bridgehead atoms. The van der Waals surface area contributed by atoms with Crippen molar-refractivity contribution in [3.63, 3.8) is 0 Å². The summed E-state index contributed by atoms with van der Waals surface area (Å²) >= 11 is 0. The number of likely N-dealkylation sites (N-methyl/N-ethyl adjacent to an activating group) is 1. The molecular weight excluding hydrogens is 248 g/mol. The smallest absolute Gasteiger partial charge is 0.254 e. The van der Waals surface area contributed by atoms with Gasteiger partial charge in [-0.15, -0.1) is 0 Å². The highest BCUT2D eigenvalue weighted by atomic mass is 16.5. The minimum Gasteiger partial charge on any atom is -0.508 e. The van der Waals surface area contributed by atoms with E-state index in [9.17, 15) is 14.7 Å². The van der Waals surface area contributed by atoms with E-state index in [-0.39, 0.29) is 24.2 Å². The molecule has 2 N–H and O–H groups in total. The predicted octanol–water partition coefficient (Wildman–Crippen LogP) is -0.0208. The van der Waals surface area contributed by atoms with Crippen molar-refractivity contribution >= 4 is 11.8 Å². The molecule has 0 radical (unpaired) electrons. The molecule has 1 unspecified atom stereocenters. The van der Waals surface area contributed by atoms with E-state index in [2.05, 4.69) is 5.32 Å². The molecule has 0 aromatic heterocycles. The number of carbonyl (C=O) groups excluding carboxylic acids is 2. The van der Waals surface area contributed by atoms with Gasteiger partial charge >= 0.3 is 0 Å². The number of benzene rings is 1. The molecule has 1 aliphatic rings. The summed E-state index contributed by atoms with van der Waals surface area (Å²) in [5.74, 6) is -0.384. The first-order chi connectivity index (χ1) is 9.13. The van der Waals surface area contributed by atoms with E-state index < -0.39 is 6.04 Å². The summed E-state index contributed by atoms with van der Waals surface area (Å²) in [5.41, 5.74) is 0.439. The summed E-state index contributed by atoms with van der Waals surface area (Å²) in [7, 11) is 1.53. The van der Waals surface area contributed by atoms with Crippen molar-refractivity contribution in [1.82, 2.24) is 10.2 Å². The van der Waals surface area contributed by atoms with E-state index in [1.807, 2.05) is 0 Å². The average Bonchev–Trinajstić information content (AvgIpc) is 2.46. The number of ether oxygens (including phenoxy) is 1. The topological polar surface area (TPSA) is 78.9 Å². The third-order valence-electron chi connectivity index (χ3n) is 3.05. The molecular formula is C13H16N2O4. The number of nitrogens with one attached hydrogen (secondary N) is 1. The first kappa shape index (κ1) is 13.4. The molecule has 6 nitrogen and oxygen atoms in total. The Kier molecular flexibility index (Phi) is 4.01. The average molecular weight is 264 g/mol. The highest BCUT2D eigenvalue weighted by molar-refractivity contribution is 5.97. The Morgan fingerprint density at radius 1 is 1.37 bits per heavy atom. The lowest BCUT2D eigenvalue weighted by molar-refractivity contribution is -0.130. The Morgan fingerprint density at radius 3 is 2.68 bits per heavy atom. The number of hydrogen-bond acceptors (Lipinski definition) is 4. The highest BCUT2D eigenvalue weighted by Gasteiger charge is 2.32. The predicted molar refractivity (Wildman–Crippen MR) is 67.8 cm³/mol. The summed E-state index contributed by atoms with van der Waals surface area (Å²) < 4.78 is 5.25.